The van der Waals surface area contributed by atoms with Gasteiger partial charge in [0.25, 0.3) is 0 Å². The van der Waals surface area contributed by atoms with Crippen LogP contribution in [0.3, 0.4) is 0 Å². The van der Waals surface area contributed by atoms with E-state index in [2.05, 4.69) is 6.92 Å². The summed E-state index contributed by atoms with van der Waals surface area (Å²) in [6.45, 7) is 2.13. The Balaban J connectivity index is 2.51. The summed E-state index contributed by atoms with van der Waals surface area (Å²) in [5, 5.41) is 0.502. The van der Waals surface area contributed by atoms with Crippen LogP contribution >= 0.6 is 23.4 Å². The summed E-state index contributed by atoms with van der Waals surface area (Å²) in [5.74, 6) is 1.47. The maximum atomic E-state index is 13.4. The fourth-order valence-electron chi connectivity index (χ4n) is 1.28. The summed E-state index contributed by atoms with van der Waals surface area (Å²) in [5.41, 5.74) is 0.977. The lowest BCUT2D eigenvalue weighted by Gasteiger charge is -2.09. The van der Waals surface area contributed by atoms with Crippen molar-refractivity contribution >= 4 is 23.4 Å². The molecule has 0 N–H and O–H groups in total. The predicted molar refractivity (Wildman–Crippen MR) is 69.0 cm³/mol. The molecule has 0 aliphatic heterocycles. The summed E-state index contributed by atoms with van der Waals surface area (Å²) < 4.78 is 18.2. The van der Waals surface area contributed by atoms with E-state index in [1.165, 1.54) is 13.2 Å². The van der Waals surface area contributed by atoms with Crippen molar-refractivity contribution in [3.63, 3.8) is 0 Å². The number of methoxy groups -OCH3 is 1. The van der Waals surface area contributed by atoms with E-state index in [0.29, 0.717) is 16.9 Å². The Labute approximate surface area is 105 Å². The fourth-order valence-corrected chi connectivity index (χ4v) is 2.67. The zero-order chi connectivity index (χ0) is 12.0. The number of hydrogen-bond acceptors (Lipinski definition) is 2. The van der Waals surface area contributed by atoms with Gasteiger partial charge in [-0.1, -0.05) is 13.0 Å². The molecule has 4 heteroatoms. The smallest absolute Gasteiger partial charge is 0.165 e. The van der Waals surface area contributed by atoms with E-state index in [1.807, 2.05) is 6.07 Å². The molecule has 0 saturated carbocycles. The van der Waals surface area contributed by atoms with E-state index in [4.69, 9.17) is 16.3 Å². The first kappa shape index (κ1) is 13.7. The lowest BCUT2D eigenvalue weighted by molar-refractivity contribution is 0.386. The van der Waals surface area contributed by atoms with Crippen molar-refractivity contribution in [3.8, 4) is 5.75 Å². The molecule has 16 heavy (non-hydrogen) atoms. The Hall–Kier alpha value is -0.410. The molecule has 0 amide bonds. The van der Waals surface area contributed by atoms with Gasteiger partial charge in [0.15, 0.2) is 11.6 Å². The molecule has 0 bridgehead atoms. The second-order valence-electron chi connectivity index (χ2n) is 3.57. The molecule has 0 heterocycles. The Morgan fingerprint density at radius 3 is 2.81 bits per heavy atom. The van der Waals surface area contributed by atoms with Crippen molar-refractivity contribution in [1.82, 2.24) is 0 Å². The second kappa shape index (κ2) is 7.02. The summed E-state index contributed by atoms with van der Waals surface area (Å²) in [4.78, 5) is 0. The van der Waals surface area contributed by atoms with E-state index in [0.717, 1.165) is 17.7 Å². The van der Waals surface area contributed by atoms with E-state index in [1.54, 1.807) is 17.8 Å². The third-order valence-corrected chi connectivity index (χ3v) is 3.79. The molecule has 0 fully saturated rings. The van der Waals surface area contributed by atoms with Gasteiger partial charge in [-0.05, 0) is 24.1 Å². The maximum absolute atomic E-state index is 13.4. The number of thioether (sulfide) groups is 1. The van der Waals surface area contributed by atoms with Crippen LogP contribution in [0.25, 0.3) is 0 Å². The van der Waals surface area contributed by atoms with Crippen LogP contribution in [0.1, 0.15) is 18.9 Å². The van der Waals surface area contributed by atoms with Gasteiger partial charge in [-0.25, -0.2) is 4.39 Å². The Morgan fingerprint density at radius 2 is 2.25 bits per heavy atom. The normalized spacial score (nSPS) is 12.5. The topological polar surface area (TPSA) is 9.23 Å². The number of benzene rings is 1. The molecule has 1 nitrogen and oxygen atoms in total. The van der Waals surface area contributed by atoms with Gasteiger partial charge in [-0.2, -0.15) is 11.8 Å². The first-order chi connectivity index (χ1) is 7.67. The monoisotopic (exact) mass is 262 g/mol. The lowest BCUT2D eigenvalue weighted by atomic mass is 10.2. The molecule has 1 rings (SSSR count). The van der Waals surface area contributed by atoms with Crippen LogP contribution in [0.2, 0.25) is 0 Å². The van der Waals surface area contributed by atoms with E-state index in [-0.39, 0.29) is 5.82 Å². The minimum atomic E-state index is -0.300. The molecule has 1 aromatic rings. The molecule has 0 aliphatic rings. The molecule has 1 unspecified atom stereocenters. The second-order valence-corrected chi connectivity index (χ2v) is 5.37. The highest BCUT2D eigenvalue weighted by Crippen LogP contribution is 2.24. The molecule has 0 aromatic heterocycles. The van der Waals surface area contributed by atoms with Gasteiger partial charge in [0, 0.05) is 16.9 Å². The maximum Gasteiger partial charge on any atom is 0.165 e. The van der Waals surface area contributed by atoms with Crippen molar-refractivity contribution in [1.29, 1.82) is 0 Å². The number of rotatable bonds is 6. The minimum absolute atomic E-state index is 0.294. The summed E-state index contributed by atoms with van der Waals surface area (Å²) in [6.07, 6.45) is 0.977. The van der Waals surface area contributed by atoms with Crippen LogP contribution in [0.4, 0.5) is 4.39 Å². The number of alkyl halides is 1. The minimum Gasteiger partial charge on any atom is -0.494 e. The van der Waals surface area contributed by atoms with Crippen molar-refractivity contribution in [3.05, 3.63) is 29.6 Å². The third kappa shape index (κ3) is 4.22. The first-order valence-electron chi connectivity index (χ1n) is 5.17. The van der Waals surface area contributed by atoms with Gasteiger partial charge >= 0.3 is 0 Å². The van der Waals surface area contributed by atoms with Crippen LogP contribution in [0.5, 0.6) is 5.75 Å². The van der Waals surface area contributed by atoms with Gasteiger partial charge in [0.1, 0.15) is 0 Å². The Kier molecular flexibility index (Phi) is 5.99. The van der Waals surface area contributed by atoms with Crippen LogP contribution in [0, 0.1) is 5.82 Å². The lowest BCUT2D eigenvalue weighted by Crippen LogP contribution is -1.98. The fraction of sp³-hybridized carbons (Fsp3) is 0.500. The molecule has 90 valence electrons. The highest BCUT2D eigenvalue weighted by Gasteiger charge is 2.06. The standard InChI is InChI=1S/C12H16ClFOS/c1-9(5-6-13)16-8-10-3-4-12(15-2)11(14)7-10/h3-4,7,9H,5-6,8H2,1-2H3. The molecule has 0 aliphatic carbocycles. The molecule has 1 atom stereocenters. The highest BCUT2D eigenvalue weighted by atomic mass is 35.5. The molecule has 1 aromatic carbocycles. The van der Waals surface area contributed by atoms with Crippen molar-refractivity contribution in [2.24, 2.45) is 0 Å². The SMILES string of the molecule is COc1ccc(CSC(C)CCCl)cc1F. The molecule has 0 radical (unpaired) electrons. The van der Waals surface area contributed by atoms with Gasteiger partial charge in [-0.15, -0.1) is 11.6 Å². The highest BCUT2D eigenvalue weighted by molar-refractivity contribution is 7.99. The van der Waals surface area contributed by atoms with E-state index < -0.39 is 0 Å². The average molecular weight is 263 g/mol. The van der Waals surface area contributed by atoms with Crippen LogP contribution in [-0.2, 0) is 5.75 Å². The Morgan fingerprint density at radius 1 is 1.50 bits per heavy atom. The summed E-state index contributed by atoms with van der Waals surface area (Å²) >= 11 is 7.44. The average Bonchev–Trinajstić information content (AvgIpc) is 2.27. The van der Waals surface area contributed by atoms with Gasteiger partial charge in [0.2, 0.25) is 0 Å². The zero-order valence-electron chi connectivity index (χ0n) is 9.50. The number of hydrogen-bond donors (Lipinski definition) is 0. The third-order valence-electron chi connectivity index (χ3n) is 2.27. The Bertz CT molecular complexity index is 333. The quantitative estimate of drug-likeness (QED) is 0.715. The van der Waals surface area contributed by atoms with Crippen LogP contribution in [0.15, 0.2) is 18.2 Å². The van der Waals surface area contributed by atoms with Gasteiger partial charge in [-0.3, -0.25) is 0 Å². The van der Waals surface area contributed by atoms with Gasteiger partial charge < -0.3 is 4.74 Å². The van der Waals surface area contributed by atoms with E-state index in [9.17, 15) is 4.39 Å². The van der Waals surface area contributed by atoms with Crippen molar-refractivity contribution in [2.75, 3.05) is 13.0 Å². The number of ether oxygens (including phenoxy) is 1. The predicted octanol–water partition coefficient (Wildman–Crippen LogP) is 4.08. The summed E-state index contributed by atoms with van der Waals surface area (Å²) in [7, 11) is 1.47. The molecule has 0 saturated heterocycles. The van der Waals surface area contributed by atoms with E-state index >= 15 is 0 Å². The van der Waals surface area contributed by atoms with Gasteiger partial charge in [0.05, 0.1) is 7.11 Å². The van der Waals surface area contributed by atoms with Crippen LogP contribution < -0.4 is 4.74 Å². The van der Waals surface area contributed by atoms with Crippen molar-refractivity contribution in [2.45, 2.75) is 24.3 Å². The molecular formula is C12H16ClFOS. The zero-order valence-corrected chi connectivity index (χ0v) is 11.1. The molecular weight excluding hydrogens is 247 g/mol. The molecule has 0 spiro atoms. The number of halogens is 2. The summed E-state index contributed by atoms with van der Waals surface area (Å²) in [6, 6.07) is 5.08. The van der Waals surface area contributed by atoms with Crippen LogP contribution in [-0.4, -0.2) is 18.2 Å². The first-order valence-corrected chi connectivity index (χ1v) is 6.75. The largest absolute Gasteiger partial charge is 0.494 e. The van der Waals surface area contributed by atoms with Crippen molar-refractivity contribution < 1.29 is 9.13 Å².